The molecule has 5 nitrogen and oxygen atoms in total. The minimum atomic E-state index is -0.156. The van der Waals surface area contributed by atoms with E-state index >= 15 is 0 Å². The maximum absolute atomic E-state index is 11.7. The van der Waals surface area contributed by atoms with Gasteiger partial charge in [0.25, 0.3) is 5.91 Å². The smallest absolute Gasteiger partial charge is 0.257 e. The number of ether oxygens (including phenoxy) is 1. The number of piperazine rings is 1. The number of amides is 1. The molecule has 1 aromatic rings. The Hall–Kier alpha value is -0.720. The van der Waals surface area contributed by atoms with Crippen molar-refractivity contribution in [1.82, 2.24) is 15.5 Å². The van der Waals surface area contributed by atoms with E-state index in [0.29, 0.717) is 22.3 Å². The third kappa shape index (κ3) is 7.59. The van der Waals surface area contributed by atoms with Gasteiger partial charge < -0.3 is 20.3 Å². The standard InChI is InChI=1S/C15H21Cl2N3O2.ClH/c16-12-2-3-13(17)14(10-12)22-11-15(21)19-4-1-7-20-8-5-18-6-9-20;/h2-3,10,18H,1,4-9,11H2,(H,19,21);1H. The highest BCUT2D eigenvalue weighted by Crippen LogP contribution is 2.27. The molecule has 130 valence electrons. The Bertz CT molecular complexity index is 497. The zero-order valence-electron chi connectivity index (χ0n) is 12.8. The number of nitrogens with one attached hydrogen (secondary N) is 2. The summed E-state index contributed by atoms with van der Waals surface area (Å²) in [7, 11) is 0. The lowest BCUT2D eigenvalue weighted by atomic mass is 10.3. The van der Waals surface area contributed by atoms with Gasteiger partial charge in [-0.15, -0.1) is 12.4 Å². The van der Waals surface area contributed by atoms with Crippen LogP contribution in [0.15, 0.2) is 18.2 Å². The van der Waals surface area contributed by atoms with Gasteiger partial charge in [-0.25, -0.2) is 0 Å². The molecule has 1 aromatic carbocycles. The van der Waals surface area contributed by atoms with Gasteiger partial charge in [0, 0.05) is 43.8 Å². The highest BCUT2D eigenvalue weighted by atomic mass is 35.5. The summed E-state index contributed by atoms with van der Waals surface area (Å²) >= 11 is 11.8. The van der Waals surface area contributed by atoms with Crippen molar-refractivity contribution in [2.24, 2.45) is 0 Å². The second-order valence-corrected chi connectivity index (χ2v) is 6.00. The summed E-state index contributed by atoms with van der Waals surface area (Å²) in [5.41, 5.74) is 0. The highest BCUT2D eigenvalue weighted by molar-refractivity contribution is 6.34. The second-order valence-electron chi connectivity index (χ2n) is 5.16. The lowest BCUT2D eigenvalue weighted by Gasteiger charge is -2.27. The van der Waals surface area contributed by atoms with E-state index < -0.39 is 0 Å². The van der Waals surface area contributed by atoms with E-state index in [9.17, 15) is 4.79 Å². The SMILES string of the molecule is Cl.O=C(COc1cc(Cl)ccc1Cl)NCCCN1CCNCC1. The molecular weight excluding hydrogens is 361 g/mol. The van der Waals surface area contributed by atoms with E-state index in [0.717, 1.165) is 39.1 Å². The fourth-order valence-corrected chi connectivity index (χ4v) is 2.58. The zero-order valence-corrected chi connectivity index (χ0v) is 15.1. The minimum Gasteiger partial charge on any atom is -0.482 e. The van der Waals surface area contributed by atoms with Gasteiger partial charge in [-0.2, -0.15) is 0 Å². The second kappa shape index (κ2) is 10.9. The van der Waals surface area contributed by atoms with Crippen molar-refractivity contribution in [3.63, 3.8) is 0 Å². The molecule has 1 fully saturated rings. The van der Waals surface area contributed by atoms with Crippen LogP contribution in [-0.4, -0.2) is 56.7 Å². The number of halogens is 3. The molecule has 0 saturated carbocycles. The van der Waals surface area contributed by atoms with Gasteiger partial charge in [0.05, 0.1) is 5.02 Å². The van der Waals surface area contributed by atoms with Crippen molar-refractivity contribution in [3.05, 3.63) is 28.2 Å². The normalized spacial score (nSPS) is 14.9. The molecule has 1 amide bonds. The molecule has 0 radical (unpaired) electrons. The fraction of sp³-hybridized carbons (Fsp3) is 0.533. The van der Waals surface area contributed by atoms with Gasteiger partial charge in [-0.05, 0) is 25.1 Å². The number of carbonyl (C=O) groups excluding carboxylic acids is 1. The predicted molar refractivity (Wildman–Crippen MR) is 96.1 cm³/mol. The molecule has 0 aliphatic carbocycles. The van der Waals surface area contributed by atoms with Gasteiger partial charge in [0.2, 0.25) is 0 Å². The first-order chi connectivity index (χ1) is 10.6. The van der Waals surface area contributed by atoms with Gasteiger partial charge in [0.1, 0.15) is 5.75 Å². The Balaban J connectivity index is 0.00000264. The van der Waals surface area contributed by atoms with Gasteiger partial charge >= 0.3 is 0 Å². The van der Waals surface area contributed by atoms with Crippen molar-refractivity contribution in [2.75, 3.05) is 45.9 Å². The van der Waals surface area contributed by atoms with Crippen molar-refractivity contribution < 1.29 is 9.53 Å². The molecule has 2 rings (SSSR count). The van der Waals surface area contributed by atoms with E-state index in [1.165, 1.54) is 0 Å². The van der Waals surface area contributed by atoms with Crippen molar-refractivity contribution >= 4 is 41.5 Å². The molecule has 1 heterocycles. The van der Waals surface area contributed by atoms with Crippen LogP contribution in [0.25, 0.3) is 0 Å². The Morgan fingerprint density at radius 1 is 1.30 bits per heavy atom. The summed E-state index contributed by atoms with van der Waals surface area (Å²) in [6.45, 7) is 5.82. The average molecular weight is 383 g/mol. The Labute approximate surface area is 153 Å². The summed E-state index contributed by atoms with van der Waals surface area (Å²) in [6.07, 6.45) is 0.934. The van der Waals surface area contributed by atoms with Crippen LogP contribution in [0.3, 0.4) is 0 Å². The maximum Gasteiger partial charge on any atom is 0.257 e. The number of hydrogen-bond donors (Lipinski definition) is 2. The third-order valence-corrected chi connectivity index (χ3v) is 3.98. The monoisotopic (exact) mass is 381 g/mol. The number of rotatable bonds is 7. The van der Waals surface area contributed by atoms with Gasteiger partial charge in [-0.3, -0.25) is 4.79 Å². The molecule has 0 bridgehead atoms. The first-order valence-electron chi connectivity index (χ1n) is 7.43. The van der Waals surface area contributed by atoms with Crippen LogP contribution in [0.1, 0.15) is 6.42 Å². The molecule has 0 aromatic heterocycles. The maximum atomic E-state index is 11.7. The zero-order chi connectivity index (χ0) is 15.8. The lowest BCUT2D eigenvalue weighted by molar-refractivity contribution is -0.123. The first-order valence-corrected chi connectivity index (χ1v) is 8.18. The van der Waals surface area contributed by atoms with E-state index in [2.05, 4.69) is 15.5 Å². The van der Waals surface area contributed by atoms with Gasteiger partial charge in [0.15, 0.2) is 6.61 Å². The number of carbonyl (C=O) groups is 1. The van der Waals surface area contributed by atoms with E-state index in [-0.39, 0.29) is 24.9 Å². The van der Waals surface area contributed by atoms with Crippen LogP contribution in [0, 0.1) is 0 Å². The predicted octanol–water partition coefficient (Wildman–Crippen LogP) is 2.21. The van der Waals surface area contributed by atoms with E-state index in [1.807, 2.05) is 0 Å². The number of nitrogens with zero attached hydrogens (tertiary/aromatic N) is 1. The Morgan fingerprint density at radius 2 is 2.04 bits per heavy atom. The number of benzene rings is 1. The fourth-order valence-electron chi connectivity index (χ4n) is 2.25. The lowest BCUT2D eigenvalue weighted by Crippen LogP contribution is -2.44. The molecule has 1 aliphatic rings. The summed E-state index contributed by atoms with van der Waals surface area (Å²) in [6, 6.07) is 4.92. The van der Waals surface area contributed by atoms with Crippen molar-refractivity contribution in [1.29, 1.82) is 0 Å². The molecular formula is C15H22Cl3N3O2. The highest BCUT2D eigenvalue weighted by Gasteiger charge is 2.09. The summed E-state index contributed by atoms with van der Waals surface area (Å²) in [5.74, 6) is 0.265. The van der Waals surface area contributed by atoms with Crippen LogP contribution >= 0.6 is 35.6 Å². The molecule has 1 saturated heterocycles. The summed E-state index contributed by atoms with van der Waals surface area (Å²) in [4.78, 5) is 14.1. The van der Waals surface area contributed by atoms with Crippen molar-refractivity contribution in [3.8, 4) is 5.75 Å². The largest absolute Gasteiger partial charge is 0.482 e. The number of hydrogen-bond acceptors (Lipinski definition) is 4. The van der Waals surface area contributed by atoms with Gasteiger partial charge in [-0.1, -0.05) is 23.2 Å². The molecule has 0 unspecified atom stereocenters. The quantitative estimate of drug-likeness (QED) is 0.710. The van der Waals surface area contributed by atoms with Crippen LogP contribution in [0.2, 0.25) is 10.0 Å². The molecule has 0 spiro atoms. The van der Waals surface area contributed by atoms with Crippen LogP contribution in [0.4, 0.5) is 0 Å². The Morgan fingerprint density at radius 3 is 2.78 bits per heavy atom. The van der Waals surface area contributed by atoms with Crippen LogP contribution in [-0.2, 0) is 4.79 Å². The Kier molecular flexibility index (Phi) is 9.67. The minimum absolute atomic E-state index is 0. The molecule has 0 atom stereocenters. The average Bonchev–Trinajstić information content (AvgIpc) is 2.53. The third-order valence-electron chi connectivity index (χ3n) is 3.43. The molecule has 1 aliphatic heterocycles. The van der Waals surface area contributed by atoms with E-state index in [4.69, 9.17) is 27.9 Å². The van der Waals surface area contributed by atoms with Crippen LogP contribution < -0.4 is 15.4 Å². The molecule has 2 N–H and O–H groups in total. The molecule has 8 heteroatoms. The van der Waals surface area contributed by atoms with E-state index in [1.54, 1.807) is 18.2 Å². The topological polar surface area (TPSA) is 53.6 Å². The molecule has 23 heavy (non-hydrogen) atoms. The van der Waals surface area contributed by atoms with Crippen molar-refractivity contribution in [2.45, 2.75) is 6.42 Å². The summed E-state index contributed by atoms with van der Waals surface area (Å²) < 4.78 is 5.38. The van der Waals surface area contributed by atoms with Crippen LogP contribution in [0.5, 0.6) is 5.75 Å². The first kappa shape index (κ1) is 20.3. The summed E-state index contributed by atoms with van der Waals surface area (Å²) in [5, 5.41) is 7.12.